The van der Waals surface area contributed by atoms with Crippen LogP contribution in [0.3, 0.4) is 0 Å². The summed E-state index contributed by atoms with van der Waals surface area (Å²) in [4.78, 5) is 0. The third-order valence-corrected chi connectivity index (χ3v) is 4.03. The molecule has 0 bridgehead atoms. The molecule has 4 heteroatoms. The molecule has 0 aliphatic rings. The highest BCUT2D eigenvalue weighted by Crippen LogP contribution is 2.17. The van der Waals surface area contributed by atoms with Crippen LogP contribution in [-0.4, -0.2) is 15.2 Å². The third-order valence-electron chi connectivity index (χ3n) is 1.96. The van der Waals surface area contributed by atoms with Crippen LogP contribution in [0.25, 0.3) is 0 Å². The first kappa shape index (κ1) is 13.6. The van der Waals surface area contributed by atoms with Crippen LogP contribution < -0.4 is 0 Å². The van der Waals surface area contributed by atoms with Crippen molar-refractivity contribution in [2.75, 3.05) is 0 Å². The van der Waals surface area contributed by atoms with E-state index in [2.05, 4.69) is 20.3 Å². The number of nitrogens with zero attached hydrogens (tertiary/aromatic N) is 1. The molecule has 0 fully saturated rings. The van der Waals surface area contributed by atoms with Crippen molar-refractivity contribution in [3.63, 3.8) is 0 Å². The third kappa shape index (κ3) is 3.83. The molecule has 16 heavy (non-hydrogen) atoms. The van der Waals surface area contributed by atoms with Gasteiger partial charge in [-0.05, 0) is 39.8 Å². The summed E-state index contributed by atoms with van der Waals surface area (Å²) in [5.41, 5.74) is 2.11. The van der Waals surface area contributed by atoms with Gasteiger partial charge in [0.15, 0.2) is 0 Å². The average molecular weight is 302 g/mol. The Kier molecular flexibility index (Phi) is 4.44. The monoisotopic (exact) mass is 301 g/mol. The molecule has 1 atom stereocenters. The average Bonchev–Trinajstić information content (AvgIpc) is 2.17. The van der Waals surface area contributed by atoms with E-state index in [4.69, 9.17) is 0 Å². The predicted octanol–water partition coefficient (Wildman–Crippen LogP) is 3.64. The number of benzene rings is 1. The smallest absolute Gasteiger partial charge is 0.144 e. The quantitative estimate of drug-likeness (QED) is 0.767. The van der Waals surface area contributed by atoms with Crippen molar-refractivity contribution in [3.05, 3.63) is 33.8 Å². The highest BCUT2D eigenvalue weighted by atomic mass is 79.9. The van der Waals surface area contributed by atoms with Gasteiger partial charge in [-0.1, -0.05) is 27.6 Å². The van der Waals surface area contributed by atoms with Crippen LogP contribution in [0.1, 0.15) is 31.9 Å². The molecule has 0 aliphatic carbocycles. The predicted molar refractivity (Wildman–Crippen MR) is 74.4 cm³/mol. The molecule has 2 nitrogen and oxygen atoms in total. The van der Waals surface area contributed by atoms with Crippen molar-refractivity contribution in [3.8, 4) is 0 Å². The van der Waals surface area contributed by atoms with Crippen LogP contribution in [0, 0.1) is 6.92 Å². The molecule has 0 saturated heterocycles. The number of halogens is 1. The van der Waals surface area contributed by atoms with E-state index in [-0.39, 0.29) is 4.75 Å². The van der Waals surface area contributed by atoms with Crippen LogP contribution in [-0.2, 0) is 11.0 Å². The first-order valence-electron chi connectivity index (χ1n) is 5.03. The molecule has 1 rings (SSSR count). The molecule has 0 aromatic heterocycles. The van der Waals surface area contributed by atoms with Crippen molar-refractivity contribution < 1.29 is 4.21 Å². The van der Waals surface area contributed by atoms with Gasteiger partial charge in [-0.3, -0.25) is 0 Å². The highest BCUT2D eigenvalue weighted by Gasteiger charge is 2.18. The number of hydrogen-bond donors (Lipinski definition) is 0. The van der Waals surface area contributed by atoms with Gasteiger partial charge in [0.25, 0.3) is 0 Å². The first-order chi connectivity index (χ1) is 7.30. The zero-order valence-electron chi connectivity index (χ0n) is 9.95. The van der Waals surface area contributed by atoms with Gasteiger partial charge >= 0.3 is 0 Å². The number of rotatable bonds is 2. The molecule has 0 heterocycles. The Morgan fingerprint density at radius 3 is 2.56 bits per heavy atom. The topological polar surface area (TPSA) is 29.4 Å². The second-order valence-corrected chi connectivity index (χ2v) is 7.41. The lowest BCUT2D eigenvalue weighted by Crippen LogP contribution is -2.19. The van der Waals surface area contributed by atoms with Crippen LogP contribution in [0.5, 0.6) is 0 Å². The van der Waals surface area contributed by atoms with E-state index in [9.17, 15) is 4.21 Å². The molecule has 0 unspecified atom stereocenters. The summed E-state index contributed by atoms with van der Waals surface area (Å²) in [6.07, 6.45) is 1.67. The Bertz CT molecular complexity index is 435. The maximum absolute atomic E-state index is 11.7. The van der Waals surface area contributed by atoms with Crippen LogP contribution in [0.15, 0.2) is 27.1 Å². The molecule has 1 aromatic carbocycles. The Morgan fingerprint density at radius 1 is 1.38 bits per heavy atom. The summed E-state index contributed by atoms with van der Waals surface area (Å²) < 4.78 is 16.5. The lowest BCUT2D eigenvalue weighted by molar-refractivity contribution is 0.651. The fourth-order valence-corrected chi connectivity index (χ4v) is 1.90. The van der Waals surface area contributed by atoms with Gasteiger partial charge in [0, 0.05) is 16.3 Å². The largest absolute Gasteiger partial charge is 0.234 e. The maximum atomic E-state index is 11.7. The Morgan fingerprint density at radius 2 is 2.00 bits per heavy atom. The standard InChI is InChI=1S/C12H16BrNOS/c1-9-5-6-11(13)10(7-9)8-14-16(15)12(2,3)4/h5-8H,1-4H3/b14-8+/t16-/m1/s1. The molecular formula is C12H16BrNOS. The Labute approximate surface area is 108 Å². The summed E-state index contributed by atoms with van der Waals surface area (Å²) >= 11 is 3.44. The van der Waals surface area contributed by atoms with Gasteiger partial charge in [0.2, 0.25) is 0 Å². The lowest BCUT2D eigenvalue weighted by atomic mass is 10.2. The van der Waals surface area contributed by atoms with Gasteiger partial charge < -0.3 is 0 Å². The summed E-state index contributed by atoms with van der Waals surface area (Å²) in [6, 6.07) is 5.99. The van der Waals surface area contributed by atoms with Crippen LogP contribution >= 0.6 is 15.9 Å². The molecule has 0 amide bonds. The van der Waals surface area contributed by atoms with Crippen LogP contribution in [0.4, 0.5) is 0 Å². The molecule has 0 N–H and O–H groups in total. The summed E-state index contributed by atoms with van der Waals surface area (Å²) in [5, 5.41) is 0. The number of hydrogen-bond acceptors (Lipinski definition) is 1. The minimum Gasteiger partial charge on any atom is -0.234 e. The van der Waals surface area contributed by atoms with Gasteiger partial charge in [-0.15, -0.1) is 0 Å². The fraction of sp³-hybridized carbons (Fsp3) is 0.417. The fourth-order valence-electron chi connectivity index (χ4n) is 1.02. The van der Waals surface area contributed by atoms with E-state index in [0.29, 0.717) is 0 Å². The molecule has 1 aromatic rings. The molecule has 88 valence electrons. The summed E-state index contributed by atoms with van der Waals surface area (Å²) in [5.74, 6) is 0. The zero-order chi connectivity index (χ0) is 12.3. The highest BCUT2D eigenvalue weighted by molar-refractivity contribution is 9.10. The van der Waals surface area contributed by atoms with E-state index in [1.54, 1.807) is 6.21 Å². The van der Waals surface area contributed by atoms with E-state index in [1.807, 2.05) is 45.9 Å². The van der Waals surface area contributed by atoms with Gasteiger partial charge in [-0.25, -0.2) is 4.21 Å². The maximum Gasteiger partial charge on any atom is 0.144 e. The second kappa shape index (κ2) is 5.23. The van der Waals surface area contributed by atoms with Gasteiger partial charge in [0.05, 0.1) is 4.75 Å². The molecule has 0 radical (unpaired) electrons. The van der Waals surface area contributed by atoms with E-state index in [1.165, 1.54) is 0 Å². The Hall–Kier alpha value is -0.480. The minimum atomic E-state index is -1.20. The van der Waals surface area contributed by atoms with E-state index >= 15 is 0 Å². The molecule has 0 spiro atoms. The SMILES string of the molecule is Cc1ccc(Br)c(/C=N/[S@](=O)C(C)(C)C)c1. The normalized spacial score (nSPS) is 14.3. The zero-order valence-corrected chi connectivity index (χ0v) is 12.4. The Balaban J connectivity index is 2.93. The van der Waals surface area contributed by atoms with E-state index in [0.717, 1.165) is 15.6 Å². The van der Waals surface area contributed by atoms with Crippen molar-refractivity contribution >= 4 is 33.1 Å². The van der Waals surface area contributed by atoms with Crippen molar-refractivity contribution in [1.29, 1.82) is 0 Å². The minimum absolute atomic E-state index is 0.313. The van der Waals surface area contributed by atoms with E-state index < -0.39 is 11.0 Å². The number of aryl methyl sites for hydroxylation is 1. The van der Waals surface area contributed by atoms with Crippen molar-refractivity contribution in [2.24, 2.45) is 4.40 Å². The molecular weight excluding hydrogens is 286 g/mol. The van der Waals surface area contributed by atoms with Gasteiger partial charge in [0.1, 0.15) is 11.0 Å². The van der Waals surface area contributed by atoms with Gasteiger partial charge in [-0.2, -0.15) is 4.40 Å². The summed E-state index contributed by atoms with van der Waals surface area (Å²) in [7, 11) is -1.20. The van der Waals surface area contributed by atoms with Crippen molar-refractivity contribution in [1.82, 2.24) is 0 Å². The first-order valence-corrected chi connectivity index (χ1v) is 6.93. The molecule has 0 aliphatic heterocycles. The summed E-state index contributed by atoms with van der Waals surface area (Å²) in [6.45, 7) is 7.74. The van der Waals surface area contributed by atoms with Crippen molar-refractivity contribution in [2.45, 2.75) is 32.4 Å². The second-order valence-electron chi connectivity index (χ2n) is 4.62. The molecule has 0 saturated carbocycles. The lowest BCUT2D eigenvalue weighted by Gasteiger charge is -2.12. The van der Waals surface area contributed by atoms with Crippen LogP contribution in [0.2, 0.25) is 0 Å².